The molecule has 0 saturated carbocycles. The van der Waals surface area contributed by atoms with E-state index >= 15 is 0 Å². The minimum atomic E-state index is -0.248. The van der Waals surface area contributed by atoms with E-state index in [0.29, 0.717) is 12.1 Å². The molecule has 1 aromatic heterocycles. The highest BCUT2D eigenvalue weighted by Crippen LogP contribution is 2.26. The van der Waals surface area contributed by atoms with Gasteiger partial charge < -0.3 is 5.11 Å². The van der Waals surface area contributed by atoms with Crippen LogP contribution < -0.4 is 10.9 Å². The molecule has 5 nitrogen and oxygen atoms in total. The molecule has 1 heterocycles. The highest BCUT2D eigenvalue weighted by Gasteiger charge is 2.08. The Kier molecular flexibility index (Phi) is 3.98. The van der Waals surface area contributed by atoms with Crippen molar-refractivity contribution in [2.24, 2.45) is 0 Å². The molecule has 1 amide bonds. The molecule has 3 aromatic rings. The number of fused-ring (bicyclic) bond motifs is 1. The van der Waals surface area contributed by atoms with Gasteiger partial charge in [-0.05, 0) is 29.0 Å². The van der Waals surface area contributed by atoms with Gasteiger partial charge in [0.1, 0.15) is 5.75 Å². The fourth-order valence-corrected chi connectivity index (χ4v) is 2.30. The SMILES string of the molecule is O=C(NNCc1c(O)ccc2ccccc12)c1ccncc1. The molecule has 0 radical (unpaired) electrons. The van der Waals surface area contributed by atoms with Gasteiger partial charge in [0.25, 0.3) is 5.91 Å². The van der Waals surface area contributed by atoms with Crippen molar-refractivity contribution >= 4 is 16.7 Å². The quantitative estimate of drug-likeness (QED) is 0.646. The van der Waals surface area contributed by atoms with Crippen LogP contribution in [-0.4, -0.2) is 16.0 Å². The lowest BCUT2D eigenvalue weighted by atomic mass is 10.0. The first kappa shape index (κ1) is 14.0. The van der Waals surface area contributed by atoms with E-state index in [9.17, 15) is 9.90 Å². The summed E-state index contributed by atoms with van der Waals surface area (Å²) in [5.74, 6) is -0.0495. The Morgan fingerprint density at radius 2 is 1.82 bits per heavy atom. The van der Waals surface area contributed by atoms with E-state index in [1.165, 1.54) is 0 Å². The topological polar surface area (TPSA) is 74.2 Å². The van der Waals surface area contributed by atoms with Crippen molar-refractivity contribution in [3.63, 3.8) is 0 Å². The zero-order chi connectivity index (χ0) is 15.4. The summed E-state index contributed by atoms with van der Waals surface area (Å²) >= 11 is 0. The smallest absolute Gasteiger partial charge is 0.265 e. The third-order valence-electron chi connectivity index (χ3n) is 3.43. The normalized spacial score (nSPS) is 10.5. The molecule has 110 valence electrons. The second kappa shape index (κ2) is 6.24. The number of carbonyl (C=O) groups excluding carboxylic acids is 1. The zero-order valence-electron chi connectivity index (χ0n) is 11.8. The number of rotatable bonds is 4. The van der Waals surface area contributed by atoms with Crippen LogP contribution in [0, 0.1) is 0 Å². The van der Waals surface area contributed by atoms with Crippen LogP contribution in [-0.2, 0) is 6.54 Å². The number of benzene rings is 2. The number of nitrogens with one attached hydrogen (secondary N) is 2. The van der Waals surface area contributed by atoms with E-state index in [2.05, 4.69) is 15.8 Å². The van der Waals surface area contributed by atoms with Crippen LogP contribution in [0.1, 0.15) is 15.9 Å². The summed E-state index contributed by atoms with van der Waals surface area (Å²) < 4.78 is 0. The summed E-state index contributed by atoms with van der Waals surface area (Å²) in [4.78, 5) is 15.8. The van der Waals surface area contributed by atoms with Gasteiger partial charge in [-0.1, -0.05) is 30.3 Å². The van der Waals surface area contributed by atoms with Crippen molar-refractivity contribution < 1.29 is 9.90 Å². The molecule has 3 N–H and O–H groups in total. The van der Waals surface area contributed by atoms with Crippen molar-refractivity contribution in [3.8, 4) is 5.75 Å². The van der Waals surface area contributed by atoms with Gasteiger partial charge in [-0.15, -0.1) is 0 Å². The van der Waals surface area contributed by atoms with Crippen LogP contribution in [0.25, 0.3) is 10.8 Å². The van der Waals surface area contributed by atoms with Crippen LogP contribution in [0.4, 0.5) is 0 Å². The van der Waals surface area contributed by atoms with E-state index in [-0.39, 0.29) is 11.7 Å². The molecule has 0 atom stereocenters. The molecular formula is C17H15N3O2. The average Bonchev–Trinajstić information content (AvgIpc) is 2.57. The van der Waals surface area contributed by atoms with Crippen LogP contribution >= 0.6 is 0 Å². The highest BCUT2D eigenvalue weighted by molar-refractivity contribution is 5.93. The summed E-state index contributed by atoms with van der Waals surface area (Å²) in [5.41, 5.74) is 6.73. The lowest BCUT2D eigenvalue weighted by molar-refractivity contribution is 0.0932. The first-order valence-electron chi connectivity index (χ1n) is 6.88. The van der Waals surface area contributed by atoms with Crippen molar-refractivity contribution in [1.82, 2.24) is 15.8 Å². The van der Waals surface area contributed by atoms with Crippen LogP contribution in [0.2, 0.25) is 0 Å². The van der Waals surface area contributed by atoms with E-state index in [0.717, 1.165) is 16.3 Å². The maximum absolute atomic E-state index is 11.9. The Bertz CT molecular complexity index is 803. The molecule has 0 aliphatic heterocycles. The number of hydrogen-bond acceptors (Lipinski definition) is 4. The van der Waals surface area contributed by atoms with Crippen LogP contribution in [0.3, 0.4) is 0 Å². The Morgan fingerprint density at radius 1 is 1.05 bits per heavy atom. The average molecular weight is 293 g/mol. The van der Waals surface area contributed by atoms with E-state index in [1.54, 1.807) is 30.6 Å². The van der Waals surface area contributed by atoms with Gasteiger partial charge in [-0.25, -0.2) is 5.43 Å². The number of phenols is 1. The van der Waals surface area contributed by atoms with Gasteiger partial charge in [0.15, 0.2) is 0 Å². The van der Waals surface area contributed by atoms with E-state index in [4.69, 9.17) is 0 Å². The molecule has 5 heteroatoms. The summed E-state index contributed by atoms with van der Waals surface area (Å²) in [5, 5.41) is 12.0. The number of nitrogens with zero attached hydrogens (tertiary/aromatic N) is 1. The number of carbonyl (C=O) groups is 1. The molecule has 0 unspecified atom stereocenters. The molecule has 22 heavy (non-hydrogen) atoms. The Labute approximate surface area is 127 Å². The minimum Gasteiger partial charge on any atom is -0.508 e. The number of hydrazine groups is 1. The number of aromatic hydroxyl groups is 1. The molecular weight excluding hydrogens is 278 g/mol. The van der Waals surface area contributed by atoms with E-state index < -0.39 is 0 Å². The largest absolute Gasteiger partial charge is 0.508 e. The lowest BCUT2D eigenvalue weighted by Gasteiger charge is -2.11. The van der Waals surface area contributed by atoms with Gasteiger partial charge in [-0.3, -0.25) is 15.2 Å². The van der Waals surface area contributed by atoms with Crippen molar-refractivity contribution in [2.75, 3.05) is 0 Å². The van der Waals surface area contributed by atoms with Crippen LogP contribution in [0.5, 0.6) is 5.75 Å². The van der Waals surface area contributed by atoms with Crippen molar-refractivity contribution in [1.29, 1.82) is 0 Å². The molecule has 0 saturated heterocycles. The molecule has 0 aliphatic rings. The fraction of sp³-hybridized carbons (Fsp3) is 0.0588. The van der Waals surface area contributed by atoms with Crippen LogP contribution in [0.15, 0.2) is 60.9 Å². The molecule has 0 bridgehead atoms. The van der Waals surface area contributed by atoms with Gasteiger partial charge in [0.05, 0.1) is 0 Å². The monoisotopic (exact) mass is 293 g/mol. The fourth-order valence-electron chi connectivity index (χ4n) is 2.30. The first-order chi connectivity index (χ1) is 10.8. The minimum absolute atomic E-state index is 0.198. The van der Waals surface area contributed by atoms with Gasteiger partial charge in [0.2, 0.25) is 0 Å². The highest BCUT2D eigenvalue weighted by atomic mass is 16.3. The first-order valence-corrected chi connectivity index (χ1v) is 6.88. The maximum atomic E-state index is 11.9. The Balaban J connectivity index is 1.72. The number of aromatic nitrogens is 1. The number of phenolic OH excluding ortho intramolecular Hbond substituents is 1. The Morgan fingerprint density at radius 3 is 2.64 bits per heavy atom. The molecule has 0 aliphatic carbocycles. The summed E-state index contributed by atoms with van der Waals surface area (Å²) in [7, 11) is 0. The predicted molar refractivity (Wildman–Crippen MR) is 84.2 cm³/mol. The Hall–Kier alpha value is -2.92. The third kappa shape index (κ3) is 2.89. The van der Waals surface area contributed by atoms with Gasteiger partial charge in [-0.2, -0.15) is 0 Å². The van der Waals surface area contributed by atoms with Gasteiger partial charge in [0, 0.05) is 30.1 Å². The second-order valence-corrected chi connectivity index (χ2v) is 4.83. The summed E-state index contributed by atoms with van der Waals surface area (Å²) in [6.45, 7) is 0.323. The summed E-state index contributed by atoms with van der Waals surface area (Å²) in [6.07, 6.45) is 3.12. The lowest BCUT2D eigenvalue weighted by Crippen LogP contribution is -2.36. The number of pyridine rings is 1. The second-order valence-electron chi connectivity index (χ2n) is 4.83. The molecule has 0 spiro atoms. The van der Waals surface area contributed by atoms with Crippen molar-refractivity contribution in [2.45, 2.75) is 6.54 Å². The summed E-state index contributed by atoms with van der Waals surface area (Å²) in [6, 6.07) is 14.6. The number of amides is 1. The standard InChI is InChI=1S/C17H15N3O2/c21-16-6-5-12-3-1-2-4-14(12)15(16)11-19-20-17(22)13-7-9-18-10-8-13/h1-10,19,21H,11H2,(H,20,22). The third-order valence-corrected chi connectivity index (χ3v) is 3.43. The predicted octanol–water partition coefficient (Wildman–Crippen LogP) is 2.38. The van der Waals surface area contributed by atoms with E-state index in [1.807, 2.05) is 30.3 Å². The zero-order valence-corrected chi connectivity index (χ0v) is 11.8. The molecule has 3 rings (SSSR count). The van der Waals surface area contributed by atoms with Crippen molar-refractivity contribution in [3.05, 3.63) is 72.1 Å². The molecule has 2 aromatic carbocycles. The number of hydrogen-bond donors (Lipinski definition) is 3. The molecule has 0 fully saturated rings. The van der Waals surface area contributed by atoms with Gasteiger partial charge >= 0.3 is 0 Å². The maximum Gasteiger partial charge on any atom is 0.265 e.